The monoisotopic (exact) mass is 223 g/mol. The second kappa shape index (κ2) is 5.51. The summed E-state index contributed by atoms with van der Waals surface area (Å²) in [5, 5.41) is 8.93. The fourth-order valence-electron chi connectivity index (χ4n) is 2.49. The second-order valence-electron chi connectivity index (χ2n) is 4.73. The molecule has 16 heavy (non-hydrogen) atoms. The smallest absolute Gasteiger partial charge is 0.129 e. The molecule has 1 aliphatic rings. The van der Waals surface area contributed by atoms with Crippen LogP contribution in [0, 0.1) is 0 Å². The van der Waals surface area contributed by atoms with Gasteiger partial charge in [-0.05, 0) is 32.0 Å². The van der Waals surface area contributed by atoms with Crippen molar-refractivity contribution in [2.24, 2.45) is 0 Å². The molecule has 3 nitrogen and oxygen atoms in total. The van der Waals surface area contributed by atoms with E-state index in [2.05, 4.69) is 11.9 Å². The van der Waals surface area contributed by atoms with Crippen molar-refractivity contribution in [1.82, 2.24) is 4.90 Å². The van der Waals surface area contributed by atoms with Crippen LogP contribution in [-0.2, 0) is 13.2 Å². The zero-order valence-electron chi connectivity index (χ0n) is 9.98. The Morgan fingerprint density at radius 2 is 1.94 bits per heavy atom. The third-order valence-corrected chi connectivity index (χ3v) is 3.48. The molecule has 3 heteroatoms. The van der Waals surface area contributed by atoms with E-state index in [1.54, 1.807) is 0 Å². The topological polar surface area (TPSA) is 36.6 Å². The number of furan rings is 1. The lowest BCUT2D eigenvalue weighted by Gasteiger charge is -2.30. The molecule has 0 saturated heterocycles. The number of aliphatic hydroxyl groups is 1. The summed E-state index contributed by atoms with van der Waals surface area (Å²) in [5.41, 5.74) is 0. The molecule has 1 saturated carbocycles. The molecule has 0 bridgehead atoms. The molecule has 1 aromatic rings. The highest BCUT2D eigenvalue weighted by atomic mass is 16.4. The first-order valence-electron chi connectivity index (χ1n) is 6.18. The molecular formula is C13H21NO2. The van der Waals surface area contributed by atoms with Crippen LogP contribution in [-0.4, -0.2) is 23.1 Å². The van der Waals surface area contributed by atoms with Crippen molar-refractivity contribution in [2.75, 3.05) is 7.05 Å². The van der Waals surface area contributed by atoms with Gasteiger partial charge in [-0.3, -0.25) is 4.90 Å². The maximum Gasteiger partial charge on any atom is 0.129 e. The largest absolute Gasteiger partial charge is 0.462 e. The average Bonchev–Trinajstić information content (AvgIpc) is 2.78. The first-order valence-corrected chi connectivity index (χ1v) is 6.18. The molecule has 1 aromatic heterocycles. The lowest BCUT2D eigenvalue weighted by molar-refractivity contribution is 0.168. The Bertz CT molecular complexity index is 315. The van der Waals surface area contributed by atoms with Gasteiger partial charge in [-0.25, -0.2) is 0 Å². The van der Waals surface area contributed by atoms with Gasteiger partial charge in [-0.15, -0.1) is 0 Å². The number of hydrogen-bond acceptors (Lipinski definition) is 3. The van der Waals surface area contributed by atoms with E-state index in [1.165, 1.54) is 32.1 Å². The summed E-state index contributed by atoms with van der Waals surface area (Å²) < 4.78 is 5.50. The van der Waals surface area contributed by atoms with E-state index in [-0.39, 0.29) is 6.61 Å². The van der Waals surface area contributed by atoms with Gasteiger partial charge < -0.3 is 9.52 Å². The fourth-order valence-corrected chi connectivity index (χ4v) is 2.49. The van der Waals surface area contributed by atoms with Crippen molar-refractivity contribution in [1.29, 1.82) is 0 Å². The molecule has 0 amide bonds. The van der Waals surface area contributed by atoms with Crippen molar-refractivity contribution in [3.63, 3.8) is 0 Å². The van der Waals surface area contributed by atoms with Gasteiger partial charge >= 0.3 is 0 Å². The van der Waals surface area contributed by atoms with E-state index in [9.17, 15) is 0 Å². The third kappa shape index (κ3) is 2.86. The maximum absolute atomic E-state index is 8.93. The Balaban J connectivity index is 1.87. The lowest BCUT2D eigenvalue weighted by atomic mass is 9.94. The Morgan fingerprint density at radius 3 is 2.56 bits per heavy atom. The van der Waals surface area contributed by atoms with Crippen LogP contribution >= 0.6 is 0 Å². The minimum Gasteiger partial charge on any atom is -0.462 e. The van der Waals surface area contributed by atoms with Crippen LogP contribution in [0.4, 0.5) is 0 Å². The summed E-state index contributed by atoms with van der Waals surface area (Å²) in [4.78, 5) is 2.37. The van der Waals surface area contributed by atoms with E-state index in [1.807, 2.05) is 12.1 Å². The van der Waals surface area contributed by atoms with Crippen LogP contribution < -0.4 is 0 Å². The number of aliphatic hydroxyl groups excluding tert-OH is 1. The van der Waals surface area contributed by atoms with Gasteiger partial charge in [0.15, 0.2) is 0 Å². The zero-order valence-corrected chi connectivity index (χ0v) is 9.98. The van der Waals surface area contributed by atoms with E-state index < -0.39 is 0 Å². The van der Waals surface area contributed by atoms with Gasteiger partial charge in [0.1, 0.15) is 18.1 Å². The zero-order chi connectivity index (χ0) is 11.4. The number of rotatable bonds is 4. The summed E-state index contributed by atoms with van der Waals surface area (Å²) in [6.07, 6.45) is 6.72. The Morgan fingerprint density at radius 1 is 1.25 bits per heavy atom. The van der Waals surface area contributed by atoms with Gasteiger partial charge in [0.25, 0.3) is 0 Å². The molecule has 2 rings (SSSR count). The molecule has 1 N–H and O–H groups in total. The quantitative estimate of drug-likeness (QED) is 0.852. The molecule has 0 unspecified atom stereocenters. The SMILES string of the molecule is CN(Cc1ccc(CO)o1)C1CCCCC1. The number of nitrogens with zero attached hydrogens (tertiary/aromatic N) is 1. The summed E-state index contributed by atoms with van der Waals surface area (Å²) in [6.45, 7) is 0.845. The van der Waals surface area contributed by atoms with E-state index in [0.29, 0.717) is 11.8 Å². The van der Waals surface area contributed by atoms with Gasteiger partial charge in [0, 0.05) is 6.04 Å². The highest BCUT2D eigenvalue weighted by Crippen LogP contribution is 2.23. The molecule has 0 radical (unpaired) electrons. The Labute approximate surface area is 97.1 Å². The van der Waals surface area contributed by atoms with E-state index >= 15 is 0 Å². The molecule has 0 atom stereocenters. The van der Waals surface area contributed by atoms with Crippen LogP contribution in [0.3, 0.4) is 0 Å². The van der Waals surface area contributed by atoms with Crippen molar-refractivity contribution < 1.29 is 9.52 Å². The maximum atomic E-state index is 8.93. The second-order valence-corrected chi connectivity index (χ2v) is 4.73. The molecule has 1 fully saturated rings. The standard InChI is InChI=1S/C13H21NO2/c1-14(11-5-3-2-4-6-11)9-12-7-8-13(10-15)16-12/h7-8,11,15H,2-6,9-10H2,1H3. The molecular weight excluding hydrogens is 202 g/mol. The minimum absolute atomic E-state index is 0.00680. The van der Waals surface area contributed by atoms with Crippen molar-refractivity contribution in [3.8, 4) is 0 Å². The highest BCUT2D eigenvalue weighted by molar-refractivity contribution is 5.06. The van der Waals surface area contributed by atoms with Gasteiger partial charge in [0.2, 0.25) is 0 Å². The summed E-state index contributed by atoms with van der Waals surface area (Å²) in [7, 11) is 2.16. The summed E-state index contributed by atoms with van der Waals surface area (Å²) >= 11 is 0. The van der Waals surface area contributed by atoms with Crippen LogP contribution in [0.25, 0.3) is 0 Å². The van der Waals surface area contributed by atoms with Crippen molar-refractivity contribution in [3.05, 3.63) is 23.7 Å². The normalized spacial score (nSPS) is 18.2. The highest BCUT2D eigenvalue weighted by Gasteiger charge is 2.18. The predicted molar refractivity (Wildman–Crippen MR) is 63.0 cm³/mol. The summed E-state index contributed by atoms with van der Waals surface area (Å²) in [6, 6.07) is 4.52. The summed E-state index contributed by atoms with van der Waals surface area (Å²) in [5.74, 6) is 1.61. The molecule has 0 spiro atoms. The molecule has 0 aliphatic heterocycles. The Kier molecular flexibility index (Phi) is 4.02. The van der Waals surface area contributed by atoms with Crippen LogP contribution in [0.2, 0.25) is 0 Å². The van der Waals surface area contributed by atoms with Crippen molar-refractivity contribution >= 4 is 0 Å². The molecule has 90 valence electrons. The molecule has 1 aliphatic carbocycles. The predicted octanol–water partition coefficient (Wildman–Crippen LogP) is 2.54. The molecule has 0 aromatic carbocycles. The minimum atomic E-state index is -0.00680. The average molecular weight is 223 g/mol. The number of hydrogen-bond donors (Lipinski definition) is 1. The van der Waals surface area contributed by atoms with Gasteiger partial charge in [-0.1, -0.05) is 19.3 Å². The lowest BCUT2D eigenvalue weighted by Crippen LogP contribution is -2.32. The molecule has 1 heterocycles. The van der Waals surface area contributed by atoms with E-state index in [0.717, 1.165) is 12.3 Å². The Hall–Kier alpha value is -0.800. The first kappa shape index (κ1) is 11.7. The van der Waals surface area contributed by atoms with Crippen molar-refractivity contribution in [2.45, 2.75) is 51.3 Å². The van der Waals surface area contributed by atoms with Gasteiger partial charge in [0.05, 0.1) is 6.54 Å². The van der Waals surface area contributed by atoms with Crippen LogP contribution in [0.5, 0.6) is 0 Å². The third-order valence-electron chi connectivity index (χ3n) is 3.48. The van der Waals surface area contributed by atoms with Crippen LogP contribution in [0.15, 0.2) is 16.5 Å². The van der Waals surface area contributed by atoms with Crippen LogP contribution in [0.1, 0.15) is 43.6 Å². The van der Waals surface area contributed by atoms with Gasteiger partial charge in [-0.2, -0.15) is 0 Å². The first-order chi connectivity index (χ1) is 7.79. The van der Waals surface area contributed by atoms with E-state index in [4.69, 9.17) is 9.52 Å². The fraction of sp³-hybridized carbons (Fsp3) is 0.692.